The quantitative estimate of drug-likeness (QED) is 0.136. The smallest absolute Gasteiger partial charge is 0.756 e. The summed E-state index contributed by atoms with van der Waals surface area (Å²) in [5.41, 5.74) is 5.73. The number of nitrogens with two attached hydrogens (primary N) is 1. The molecule has 0 bridgehead atoms. The average Bonchev–Trinajstić information content (AvgIpc) is 3.04. The maximum atomic E-state index is 11.5. The van der Waals surface area contributed by atoms with Crippen LogP contribution in [-0.4, -0.2) is 49.7 Å². The van der Waals surface area contributed by atoms with Gasteiger partial charge in [-0.2, -0.15) is 0 Å². The van der Waals surface area contributed by atoms with Gasteiger partial charge in [0.1, 0.15) is 17.9 Å². The summed E-state index contributed by atoms with van der Waals surface area (Å²) < 4.78 is 49.7. The molecule has 0 aromatic carbocycles. The molecule has 0 aliphatic carbocycles. The molecule has 2 heterocycles. The van der Waals surface area contributed by atoms with Crippen molar-refractivity contribution in [3.05, 3.63) is 12.7 Å². The first-order valence-corrected chi connectivity index (χ1v) is 11.9. The molecule has 0 aliphatic heterocycles. The van der Waals surface area contributed by atoms with Crippen LogP contribution in [0.2, 0.25) is 0 Å². The number of nitrogen functional groups attached to an aromatic ring is 1. The average molecular weight is 571 g/mol. The molecule has 0 fully saturated rings. The van der Waals surface area contributed by atoms with Crippen molar-refractivity contribution in [2.75, 3.05) is 12.3 Å². The Morgan fingerprint density at radius 3 is 2.18 bits per heavy atom. The van der Waals surface area contributed by atoms with Crippen LogP contribution >= 0.6 is 23.5 Å². The fourth-order valence-corrected chi connectivity index (χ4v) is 4.86. The van der Waals surface area contributed by atoms with Crippen LogP contribution < -0.4 is 109 Å². The Hall–Kier alpha value is 1.06. The Morgan fingerprint density at radius 2 is 1.65 bits per heavy atom. The van der Waals surface area contributed by atoms with Crippen LogP contribution in [0.5, 0.6) is 0 Å². The number of hydrogen-bond donors (Lipinski definition) is 2. The molecule has 2 aromatic heterocycles. The van der Waals surface area contributed by atoms with Crippen LogP contribution in [0.3, 0.4) is 0 Å². The Balaban J connectivity index is 0. The van der Waals surface area contributed by atoms with Crippen LogP contribution in [0.4, 0.5) is 5.82 Å². The molecule has 0 aliphatic rings. The molecule has 0 spiro atoms. The molecule has 0 saturated carbocycles. The van der Waals surface area contributed by atoms with Gasteiger partial charge in [-0.15, -0.1) is 0 Å². The zero-order chi connectivity index (χ0) is 23.4. The molecule has 3 unspecified atom stereocenters. The Kier molecular flexibility index (Phi) is 16.9. The van der Waals surface area contributed by atoms with Crippen molar-refractivity contribution < 1.29 is 149 Å². The Labute approximate surface area is 256 Å². The molecule has 24 heteroatoms. The minimum absolute atomic E-state index is 0. The van der Waals surface area contributed by atoms with Crippen molar-refractivity contribution in [1.82, 2.24) is 19.5 Å². The van der Waals surface area contributed by atoms with Crippen molar-refractivity contribution >= 4 is 53.0 Å². The van der Waals surface area contributed by atoms with Gasteiger partial charge in [-0.1, -0.05) is 0 Å². The molecular weight excluding hydrogens is 560 g/mol. The number of phosphoric acid groups is 3. The number of nitrogens with zero attached hydrogens (tertiary/aromatic N) is 4. The molecule has 2 aromatic rings. The second kappa shape index (κ2) is 15.5. The van der Waals surface area contributed by atoms with E-state index in [1.807, 2.05) is 0 Å². The molecule has 0 amide bonds. The van der Waals surface area contributed by atoms with Crippen LogP contribution in [0.1, 0.15) is 6.23 Å². The van der Waals surface area contributed by atoms with Gasteiger partial charge in [0.25, 0.3) is 23.5 Å². The first kappa shape index (κ1) is 37.2. The third-order valence-electron chi connectivity index (χ3n) is 3.04. The van der Waals surface area contributed by atoms with Crippen LogP contribution in [0.15, 0.2) is 12.7 Å². The van der Waals surface area contributed by atoms with E-state index in [0.29, 0.717) is 0 Å². The van der Waals surface area contributed by atoms with Gasteiger partial charge >= 0.3 is 88.7 Å². The number of imidazole rings is 1. The van der Waals surface area contributed by atoms with E-state index in [9.17, 15) is 38.0 Å². The number of hydrogen-bond acceptors (Lipinski definition) is 16. The van der Waals surface area contributed by atoms with E-state index in [0.717, 1.165) is 17.2 Å². The molecule has 5 atom stereocenters. The number of rotatable bonds is 12. The van der Waals surface area contributed by atoms with Crippen molar-refractivity contribution in [3.63, 3.8) is 0 Å². The van der Waals surface area contributed by atoms with Crippen molar-refractivity contribution in [2.45, 2.75) is 12.3 Å². The molecular formula is C10H11N5Na3O13P3. The zero-order valence-electron chi connectivity index (χ0n) is 17.7. The predicted octanol–water partition coefficient (Wildman–Crippen LogP) is -11.9. The number of carbonyl (C=O) groups excluding carboxylic acids is 2. The fourth-order valence-electron chi connectivity index (χ4n) is 1.96. The Morgan fingerprint density at radius 1 is 1.03 bits per heavy atom. The standard InChI is InChI=1S/C10H14N5O13P3.3Na/c11-9-8-10(13-4-12-9)15(5-14-8)7(2-17)26-6(1-16)3-25-30(21,22)28-31(23,24)27-29(18,19)20;;;/h1-2,4-7H,3H2,(H,21,22)(H,23,24)(H2,11,12,13)(H2,18,19,20);;;/q;3*+1/p-3/t6-,7+;;;/m0.../s1. The second-order valence-electron chi connectivity index (χ2n) is 5.24. The van der Waals surface area contributed by atoms with Crippen molar-refractivity contribution in [2.24, 2.45) is 0 Å². The van der Waals surface area contributed by atoms with Gasteiger partial charge in [-0.3, -0.25) is 23.1 Å². The molecule has 3 N–H and O–H groups in total. The van der Waals surface area contributed by atoms with Gasteiger partial charge in [0.2, 0.25) is 0 Å². The van der Waals surface area contributed by atoms with E-state index in [-0.39, 0.29) is 118 Å². The SMILES string of the molecule is Nc1ncnc2c1ncn2[C@@H](C=O)O[C@@H](C=O)COP(=O)([O-])OP(=O)([O-])OP(=O)([O-])O.[Na+].[Na+].[Na+]. The van der Waals surface area contributed by atoms with E-state index in [1.165, 1.54) is 0 Å². The predicted molar refractivity (Wildman–Crippen MR) is 88.9 cm³/mol. The molecule has 0 radical (unpaired) electrons. The number of fused-ring (bicyclic) bond motifs is 1. The maximum Gasteiger partial charge on any atom is 1.00 e. The molecule has 18 nitrogen and oxygen atoms in total. The number of phosphoric ester groups is 1. The summed E-state index contributed by atoms with van der Waals surface area (Å²) >= 11 is 0. The van der Waals surface area contributed by atoms with E-state index in [4.69, 9.17) is 15.4 Å². The van der Waals surface area contributed by atoms with Crippen LogP contribution in [-0.2, 0) is 41.2 Å². The van der Waals surface area contributed by atoms with Gasteiger partial charge in [0.15, 0.2) is 30.3 Å². The van der Waals surface area contributed by atoms with Gasteiger partial charge in [0, 0.05) is 0 Å². The summed E-state index contributed by atoms with van der Waals surface area (Å²) in [7, 11) is -17.8. The number of ether oxygens (including phenoxy) is 1. The number of carbonyl (C=O) groups is 2. The van der Waals surface area contributed by atoms with E-state index >= 15 is 0 Å². The van der Waals surface area contributed by atoms with E-state index < -0.39 is 42.4 Å². The topological polar surface area (TPSA) is 281 Å². The second-order valence-corrected chi connectivity index (χ2v) is 9.53. The molecule has 0 saturated heterocycles. The monoisotopic (exact) mass is 571 g/mol. The summed E-state index contributed by atoms with van der Waals surface area (Å²) in [5, 5.41) is 0. The Bertz CT molecular complexity index is 1120. The normalized spacial score (nSPS) is 17.9. The first-order chi connectivity index (χ1) is 14.3. The molecule has 34 heavy (non-hydrogen) atoms. The summed E-state index contributed by atoms with van der Waals surface area (Å²) in [5.74, 6) is -0.0251. The third-order valence-corrected chi connectivity index (χ3v) is 6.73. The number of aldehydes is 2. The van der Waals surface area contributed by atoms with Crippen LogP contribution in [0.25, 0.3) is 11.2 Å². The van der Waals surface area contributed by atoms with E-state index in [1.54, 1.807) is 0 Å². The fraction of sp³-hybridized carbons (Fsp3) is 0.300. The molecule has 2 rings (SSSR count). The van der Waals surface area contributed by atoms with Gasteiger partial charge in [-0.05, 0) is 0 Å². The molecule has 172 valence electrons. The first-order valence-electron chi connectivity index (χ1n) is 7.49. The van der Waals surface area contributed by atoms with Crippen LogP contribution in [0, 0.1) is 0 Å². The minimum atomic E-state index is -6.11. The zero-order valence-corrected chi connectivity index (χ0v) is 26.4. The van der Waals surface area contributed by atoms with Gasteiger partial charge < -0.3 is 39.4 Å². The summed E-state index contributed by atoms with van der Waals surface area (Å²) in [4.78, 5) is 75.2. The van der Waals surface area contributed by atoms with Crippen molar-refractivity contribution in [1.29, 1.82) is 0 Å². The summed E-state index contributed by atoms with van der Waals surface area (Å²) in [6.45, 7) is -1.20. The van der Waals surface area contributed by atoms with Crippen molar-refractivity contribution in [3.8, 4) is 0 Å². The van der Waals surface area contributed by atoms with Gasteiger partial charge in [-0.25, -0.2) is 23.6 Å². The largest absolute Gasteiger partial charge is 1.00 e. The number of anilines is 1. The third kappa shape index (κ3) is 11.6. The summed E-state index contributed by atoms with van der Waals surface area (Å²) in [6, 6.07) is 0. The van der Waals surface area contributed by atoms with Gasteiger partial charge in [0.05, 0.1) is 12.9 Å². The minimum Gasteiger partial charge on any atom is -0.756 e. The van der Waals surface area contributed by atoms with E-state index in [2.05, 4.69) is 28.1 Å². The number of aromatic nitrogens is 4. The maximum absolute atomic E-state index is 11.5. The summed E-state index contributed by atoms with van der Waals surface area (Å²) in [6.07, 6.45) is -1.05.